The lowest BCUT2D eigenvalue weighted by molar-refractivity contribution is -0.136. The van der Waals surface area contributed by atoms with E-state index in [1.54, 1.807) is 13.0 Å². The predicted molar refractivity (Wildman–Crippen MR) is 130 cm³/mol. The zero-order valence-corrected chi connectivity index (χ0v) is 19.3. The first-order chi connectivity index (χ1) is 17.5. The van der Waals surface area contributed by atoms with E-state index in [9.17, 15) is 9.59 Å². The fourth-order valence-corrected chi connectivity index (χ4v) is 4.01. The van der Waals surface area contributed by atoms with Crippen molar-refractivity contribution in [2.24, 2.45) is 0 Å². The van der Waals surface area contributed by atoms with Gasteiger partial charge in [0.2, 0.25) is 6.79 Å². The summed E-state index contributed by atoms with van der Waals surface area (Å²) in [5.41, 5.74) is 4.12. The maximum atomic E-state index is 12.5. The van der Waals surface area contributed by atoms with Crippen LogP contribution in [0, 0.1) is 0 Å². The Balaban J connectivity index is 1.33. The Morgan fingerprint density at radius 2 is 1.72 bits per heavy atom. The Labute approximate surface area is 206 Å². The lowest BCUT2D eigenvalue weighted by atomic mass is 9.99. The molecule has 0 bridgehead atoms. The van der Waals surface area contributed by atoms with Gasteiger partial charge in [-0.15, -0.1) is 0 Å². The number of anilines is 1. The fraction of sp³-hybridized carbons (Fsp3) is 0.148. The highest BCUT2D eigenvalue weighted by Crippen LogP contribution is 2.44. The highest BCUT2D eigenvalue weighted by atomic mass is 16.7. The largest absolute Gasteiger partial charge is 0.481 e. The van der Waals surface area contributed by atoms with Crippen LogP contribution in [-0.4, -0.2) is 29.1 Å². The molecule has 1 aliphatic rings. The molecule has 9 heteroatoms. The number of ether oxygens (including phenoxy) is 3. The van der Waals surface area contributed by atoms with Crippen molar-refractivity contribution in [3.05, 3.63) is 84.1 Å². The Hall–Kier alpha value is -4.79. The zero-order chi connectivity index (χ0) is 25.1. The molecular weight excluding hydrogens is 464 g/mol. The second-order valence-corrected chi connectivity index (χ2v) is 8.14. The number of carbonyl (C=O) groups is 2. The number of aromatic nitrogens is 1. The minimum atomic E-state index is -0.945. The first kappa shape index (κ1) is 23.0. The Morgan fingerprint density at radius 3 is 2.47 bits per heavy atom. The Bertz CT molecular complexity index is 1400. The number of nitrogens with zero attached hydrogens (tertiary/aromatic N) is 1. The molecule has 0 fully saturated rings. The normalized spacial score (nSPS) is 12.7. The number of amides is 1. The van der Waals surface area contributed by atoms with Gasteiger partial charge in [-0.25, -0.2) is 4.79 Å². The molecule has 0 saturated carbocycles. The maximum Gasteiger partial charge on any atom is 0.412 e. The Kier molecular flexibility index (Phi) is 6.27. The van der Waals surface area contributed by atoms with Crippen molar-refractivity contribution in [2.45, 2.75) is 19.4 Å². The van der Waals surface area contributed by atoms with E-state index in [1.807, 2.05) is 60.7 Å². The lowest BCUT2D eigenvalue weighted by Crippen LogP contribution is -2.16. The summed E-state index contributed by atoms with van der Waals surface area (Å²) in [4.78, 5) is 23.6. The molecule has 1 aromatic heterocycles. The van der Waals surface area contributed by atoms with Crippen LogP contribution in [0.25, 0.3) is 22.5 Å². The van der Waals surface area contributed by atoms with Crippen molar-refractivity contribution in [1.82, 2.24) is 5.16 Å². The van der Waals surface area contributed by atoms with E-state index in [-0.39, 0.29) is 13.2 Å². The number of aliphatic carboxylic acids is 1. The van der Waals surface area contributed by atoms with Crippen molar-refractivity contribution in [1.29, 1.82) is 0 Å². The molecule has 36 heavy (non-hydrogen) atoms. The van der Waals surface area contributed by atoms with Crippen LogP contribution in [-0.2, 0) is 16.0 Å². The van der Waals surface area contributed by atoms with E-state index in [2.05, 4.69) is 10.5 Å². The molecule has 1 unspecified atom stereocenters. The summed E-state index contributed by atoms with van der Waals surface area (Å²) < 4.78 is 22.0. The predicted octanol–water partition coefficient (Wildman–Crippen LogP) is 5.67. The second kappa shape index (κ2) is 9.83. The summed E-state index contributed by atoms with van der Waals surface area (Å²) in [5.74, 6) is 0.398. The molecule has 0 spiro atoms. The molecule has 2 heterocycles. The SMILES string of the molecule is CC(OC(=O)Nc1cnoc1-c1ccc(-c2ccc(CC(=O)O)c3c2OCO3)cc1)c1ccccc1. The second-order valence-electron chi connectivity index (χ2n) is 8.14. The molecular formula is C27H22N2O7. The third-order valence-electron chi connectivity index (χ3n) is 5.76. The van der Waals surface area contributed by atoms with Gasteiger partial charge in [0.1, 0.15) is 11.8 Å². The maximum absolute atomic E-state index is 12.5. The van der Waals surface area contributed by atoms with E-state index in [0.29, 0.717) is 34.1 Å². The van der Waals surface area contributed by atoms with Gasteiger partial charge in [0.15, 0.2) is 17.3 Å². The highest BCUT2D eigenvalue weighted by Gasteiger charge is 2.24. The van der Waals surface area contributed by atoms with E-state index in [4.69, 9.17) is 23.8 Å². The van der Waals surface area contributed by atoms with Gasteiger partial charge in [0.25, 0.3) is 0 Å². The average Bonchev–Trinajstić information content (AvgIpc) is 3.55. The van der Waals surface area contributed by atoms with Crippen molar-refractivity contribution in [3.63, 3.8) is 0 Å². The zero-order valence-electron chi connectivity index (χ0n) is 19.3. The lowest BCUT2D eigenvalue weighted by Gasteiger charge is -2.14. The number of rotatable bonds is 7. The van der Waals surface area contributed by atoms with E-state index >= 15 is 0 Å². The number of carboxylic acids is 1. The molecule has 4 aromatic rings. The van der Waals surface area contributed by atoms with Gasteiger partial charge in [0, 0.05) is 16.7 Å². The van der Waals surface area contributed by atoms with Gasteiger partial charge in [-0.2, -0.15) is 0 Å². The molecule has 1 amide bonds. The van der Waals surface area contributed by atoms with Gasteiger partial charge in [-0.1, -0.05) is 71.9 Å². The molecule has 1 aliphatic heterocycles. The minimum Gasteiger partial charge on any atom is -0.481 e. The van der Waals surface area contributed by atoms with Crippen LogP contribution >= 0.6 is 0 Å². The number of benzene rings is 3. The summed E-state index contributed by atoms with van der Waals surface area (Å²) >= 11 is 0. The van der Waals surface area contributed by atoms with Gasteiger partial charge >= 0.3 is 12.1 Å². The third-order valence-corrected chi connectivity index (χ3v) is 5.76. The van der Waals surface area contributed by atoms with Gasteiger partial charge in [0.05, 0.1) is 12.6 Å². The van der Waals surface area contributed by atoms with Gasteiger partial charge in [-0.05, 0) is 18.1 Å². The smallest absolute Gasteiger partial charge is 0.412 e. The molecule has 5 rings (SSSR count). The molecule has 0 radical (unpaired) electrons. The molecule has 182 valence electrons. The van der Waals surface area contributed by atoms with E-state index < -0.39 is 18.2 Å². The average molecular weight is 486 g/mol. The van der Waals surface area contributed by atoms with Crippen LogP contribution in [0.3, 0.4) is 0 Å². The van der Waals surface area contributed by atoms with Crippen molar-refractivity contribution in [2.75, 3.05) is 12.1 Å². The molecule has 2 N–H and O–H groups in total. The number of carbonyl (C=O) groups excluding carboxylic acids is 1. The summed E-state index contributed by atoms with van der Waals surface area (Å²) in [7, 11) is 0. The van der Waals surface area contributed by atoms with Gasteiger partial charge < -0.3 is 23.8 Å². The third kappa shape index (κ3) is 4.72. The number of nitrogens with one attached hydrogen (secondary N) is 1. The molecule has 1 atom stereocenters. The molecule has 0 aliphatic carbocycles. The number of hydrogen-bond donors (Lipinski definition) is 2. The number of hydrogen-bond acceptors (Lipinski definition) is 7. The van der Waals surface area contributed by atoms with Gasteiger partial charge in [-0.3, -0.25) is 10.1 Å². The Morgan fingerprint density at radius 1 is 1.00 bits per heavy atom. The van der Waals surface area contributed by atoms with Crippen molar-refractivity contribution in [3.8, 4) is 33.9 Å². The highest BCUT2D eigenvalue weighted by molar-refractivity contribution is 5.90. The van der Waals surface area contributed by atoms with Crippen LogP contribution in [0.2, 0.25) is 0 Å². The summed E-state index contributed by atoms with van der Waals surface area (Å²) in [6.07, 6.45) is 0.209. The minimum absolute atomic E-state index is 0.0309. The van der Waals surface area contributed by atoms with Crippen LogP contribution in [0.4, 0.5) is 10.5 Å². The van der Waals surface area contributed by atoms with E-state index in [0.717, 1.165) is 16.7 Å². The quantitative estimate of drug-likeness (QED) is 0.343. The first-order valence-corrected chi connectivity index (χ1v) is 11.2. The van der Waals surface area contributed by atoms with Crippen LogP contribution in [0.5, 0.6) is 11.5 Å². The summed E-state index contributed by atoms with van der Waals surface area (Å²) in [6, 6.07) is 20.4. The van der Waals surface area contributed by atoms with Crippen molar-refractivity contribution < 1.29 is 33.4 Å². The molecule has 9 nitrogen and oxygen atoms in total. The number of fused-ring (bicyclic) bond motifs is 1. The van der Waals surface area contributed by atoms with Crippen molar-refractivity contribution >= 4 is 17.7 Å². The summed E-state index contributed by atoms with van der Waals surface area (Å²) in [6.45, 7) is 1.82. The first-order valence-electron chi connectivity index (χ1n) is 11.2. The number of carboxylic acid groups (broad SMARTS) is 1. The molecule has 3 aromatic carbocycles. The van der Waals surface area contributed by atoms with E-state index in [1.165, 1.54) is 6.20 Å². The standard InChI is InChI=1S/C27H22N2O7/c1-16(17-5-3-2-4-6-17)35-27(32)29-22-14-28-36-24(22)19-9-7-18(8-10-19)21-12-11-20(13-23(30)31)25-26(21)34-15-33-25/h2-12,14,16H,13,15H2,1H3,(H,29,32)(H,30,31). The summed E-state index contributed by atoms with van der Waals surface area (Å²) in [5, 5.41) is 15.6. The van der Waals surface area contributed by atoms with Crippen LogP contribution in [0.15, 0.2) is 77.4 Å². The van der Waals surface area contributed by atoms with Crippen LogP contribution < -0.4 is 14.8 Å². The monoisotopic (exact) mass is 486 g/mol. The molecule has 0 saturated heterocycles. The van der Waals surface area contributed by atoms with Crippen LogP contribution in [0.1, 0.15) is 24.2 Å². The fourth-order valence-electron chi connectivity index (χ4n) is 4.01. The topological polar surface area (TPSA) is 120 Å².